The van der Waals surface area contributed by atoms with Crippen molar-refractivity contribution >= 4 is 23.2 Å². The second-order valence-electron chi connectivity index (χ2n) is 3.88. The van der Waals surface area contributed by atoms with Crippen LogP contribution in [0.2, 0.25) is 5.02 Å². The third kappa shape index (κ3) is 2.81. The van der Waals surface area contributed by atoms with Crippen molar-refractivity contribution in [2.75, 3.05) is 24.7 Å². The van der Waals surface area contributed by atoms with Crippen LogP contribution >= 0.6 is 11.6 Å². The van der Waals surface area contributed by atoms with Crippen LogP contribution in [-0.2, 0) is 0 Å². The smallest absolute Gasteiger partial charge is 0.243 e. The van der Waals surface area contributed by atoms with Crippen LogP contribution in [0.1, 0.15) is 0 Å². The highest BCUT2D eigenvalue weighted by Gasteiger charge is 2.07. The lowest BCUT2D eigenvalue weighted by atomic mass is 10.3. The number of nitrogens with zero attached hydrogens (tertiary/aromatic N) is 3. The summed E-state index contributed by atoms with van der Waals surface area (Å²) in [6.45, 7) is 0. The fourth-order valence-corrected chi connectivity index (χ4v) is 1.50. The molecule has 0 radical (unpaired) electrons. The number of rotatable bonds is 3. The van der Waals surface area contributed by atoms with Gasteiger partial charge in [-0.3, -0.25) is 0 Å². The van der Waals surface area contributed by atoms with Gasteiger partial charge in [0, 0.05) is 25.8 Å². The molecule has 1 aromatic heterocycles. The Morgan fingerprint density at radius 3 is 2.83 bits per heavy atom. The number of hydrogen-bond donors (Lipinski definition) is 1. The SMILES string of the molecule is CN(C)c1cccc(Oc2nc(N)ncc2Cl)c1. The van der Waals surface area contributed by atoms with Crippen LogP contribution in [0, 0.1) is 0 Å². The van der Waals surface area contributed by atoms with Gasteiger partial charge < -0.3 is 15.4 Å². The van der Waals surface area contributed by atoms with E-state index < -0.39 is 0 Å². The average molecular weight is 265 g/mol. The van der Waals surface area contributed by atoms with E-state index in [2.05, 4.69) is 9.97 Å². The zero-order chi connectivity index (χ0) is 13.1. The number of benzene rings is 1. The monoisotopic (exact) mass is 264 g/mol. The van der Waals surface area contributed by atoms with Crippen LogP contribution in [-0.4, -0.2) is 24.1 Å². The second-order valence-corrected chi connectivity index (χ2v) is 4.28. The minimum Gasteiger partial charge on any atom is -0.437 e. The fourth-order valence-electron chi connectivity index (χ4n) is 1.37. The predicted molar refractivity (Wildman–Crippen MR) is 72.3 cm³/mol. The van der Waals surface area contributed by atoms with Gasteiger partial charge in [-0.05, 0) is 12.1 Å². The van der Waals surface area contributed by atoms with Crippen molar-refractivity contribution in [1.29, 1.82) is 0 Å². The van der Waals surface area contributed by atoms with Crippen molar-refractivity contribution in [3.05, 3.63) is 35.5 Å². The normalized spacial score (nSPS) is 10.2. The Kier molecular flexibility index (Phi) is 3.53. The minimum absolute atomic E-state index is 0.123. The summed E-state index contributed by atoms with van der Waals surface area (Å²) in [5.41, 5.74) is 6.51. The molecule has 2 rings (SSSR count). The topological polar surface area (TPSA) is 64.3 Å². The van der Waals surface area contributed by atoms with Gasteiger partial charge in [0.2, 0.25) is 11.8 Å². The number of aromatic nitrogens is 2. The quantitative estimate of drug-likeness (QED) is 0.923. The average Bonchev–Trinajstić information content (AvgIpc) is 2.34. The number of nitrogens with two attached hydrogens (primary N) is 1. The first-order chi connectivity index (χ1) is 8.56. The Hall–Kier alpha value is -2.01. The van der Waals surface area contributed by atoms with Gasteiger partial charge in [0.05, 0.1) is 6.20 Å². The van der Waals surface area contributed by atoms with Crippen molar-refractivity contribution in [2.24, 2.45) is 0 Å². The van der Waals surface area contributed by atoms with Gasteiger partial charge in [0.25, 0.3) is 0 Å². The number of ether oxygens (including phenoxy) is 1. The van der Waals surface area contributed by atoms with E-state index in [0.717, 1.165) is 5.69 Å². The molecule has 5 nitrogen and oxygen atoms in total. The summed E-state index contributed by atoms with van der Waals surface area (Å²) >= 11 is 5.93. The molecule has 18 heavy (non-hydrogen) atoms. The van der Waals surface area contributed by atoms with Gasteiger partial charge >= 0.3 is 0 Å². The maximum atomic E-state index is 5.93. The molecule has 0 saturated carbocycles. The van der Waals surface area contributed by atoms with E-state index >= 15 is 0 Å². The molecule has 0 aliphatic heterocycles. The highest BCUT2D eigenvalue weighted by atomic mass is 35.5. The van der Waals surface area contributed by atoms with Crippen molar-refractivity contribution < 1.29 is 4.74 Å². The highest BCUT2D eigenvalue weighted by molar-refractivity contribution is 6.31. The molecule has 0 atom stereocenters. The summed E-state index contributed by atoms with van der Waals surface area (Å²) in [5.74, 6) is 1.01. The predicted octanol–water partition coefficient (Wildman–Crippen LogP) is 2.57. The summed E-state index contributed by atoms with van der Waals surface area (Å²) in [6, 6.07) is 7.57. The van der Waals surface area contributed by atoms with Gasteiger partial charge in [-0.1, -0.05) is 17.7 Å². The highest BCUT2D eigenvalue weighted by Crippen LogP contribution is 2.28. The molecule has 1 heterocycles. The van der Waals surface area contributed by atoms with E-state index in [0.29, 0.717) is 10.8 Å². The molecule has 0 bridgehead atoms. The lowest BCUT2D eigenvalue weighted by Crippen LogP contribution is -2.08. The van der Waals surface area contributed by atoms with Crippen LogP contribution in [0.15, 0.2) is 30.5 Å². The summed E-state index contributed by atoms with van der Waals surface area (Å²) in [6.07, 6.45) is 1.41. The van der Waals surface area contributed by atoms with Crippen molar-refractivity contribution in [3.8, 4) is 11.6 Å². The summed E-state index contributed by atoms with van der Waals surface area (Å²) < 4.78 is 5.59. The second kappa shape index (κ2) is 5.10. The van der Waals surface area contributed by atoms with E-state index in [1.807, 2.05) is 43.3 Å². The Labute approximate surface area is 110 Å². The molecular weight excluding hydrogens is 252 g/mol. The Morgan fingerprint density at radius 1 is 1.33 bits per heavy atom. The molecule has 0 saturated heterocycles. The summed E-state index contributed by atoms with van der Waals surface area (Å²) in [5, 5.41) is 0.319. The van der Waals surface area contributed by atoms with E-state index in [4.69, 9.17) is 22.1 Å². The van der Waals surface area contributed by atoms with Gasteiger partial charge in [-0.2, -0.15) is 4.98 Å². The molecule has 0 fully saturated rings. The Bertz CT molecular complexity index is 560. The number of hydrogen-bond acceptors (Lipinski definition) is 5. The van der Waals surface area contributed by atoms with Crippen LogP contribution < -0.4 is 15.4 Å². The lowest BCUT2D eigenvalue weighted by Gasteiger charge is -2.13. The standard InChI is InChI=1S/C12H13ClN4O/c1-17(2)8-4-3-5-9(6-8)18-11-10(13)7-15-12(14)16-11/h3-7H,1-2H3,(H2,14,15,16). The largest absolute Gasteiger partial charge is 0.437 e. The maximum Gasteiger partial charge on any atom is 0.243 e. The molecule has 1 aromatic carbocycles. The van der Waals surface area contributed by atoms with E-state index in [-0.39, 0.29) is 11.8 Å². The third-order valence-corrected chi connectivity index (χ3v) is 2.54. The molecule has 0 unspecified atom stereocenters. The first-order valence-corrected chi connectivity index (χ1v) is 5.67. The van der Waals surface area contributed by atoms with Crippen molar-refractivity contribution in [2.45, 2.75) is 0 Å². The molecular formula is C12H13ClN4O. The molecule has 0 amide bonds. The van der Waals surface area contributed by atoms with Crippen molar-refractivity contribution in [3.63, 3.8) is 0 Å². The van der Waals surface area contributed by atoms with Gasteiger partial charge in [-0.15, -0.1) is 0 Å². The zero-order valence-corrected chi connectivity index (χ0v) is 10.8. The molecule has 6 heteroatoms. The molecule has 2 aromatic rings. The third-order valence-electron chi connectivity index (χ3n) is 2.28. The van der Waals surface area contributed by atoms with Crippen LogP contribution in [0.3, 0.4) is 0 Å². The zero-order valence-electron chi connectivity index (χ0n) is 10.1. The molecule has 2 N–H and O–H groups in total. The Morgan fingerprint density at radius 2 is 2.11 bits per heavy atom. The van der Waals surface area contributed by atoms with Gasteiger partial charge in [0.15, 0.2) is 0 Å². The fraction of sp³-hybridized carbons (Fsp3) is 0.167. The van der Waals surface area contributed by atoms with E-state index in [1.165, 1.54) is 6.20 Å². The van der Waals surface area contributed by atoms with Gasteiger partial charge in [0.1, 0.15) is 10.8 Å². The molecule has 94 valence electrons. The number of anilines is 2. The van der Waals surface area contributed by atoms with E-state index in [1.54, 1.807) is 0 Å². The number of halogens is 1. The summed E-state index contributed by atoms with van der Waals surface area (Å²) in [7, 11) is 3.91. The molecule has 0 aliphatic rings. The molecule has 0 aliphatic carbocycles. The van der Waals surface area contributed by atoms with Crippen LogP contribution in [0.5, 0.6) is 11.6 Å². The Balaban J connectivity index is 2.28. The van der Waals surface area contributed by atoms with Gasteiger partial charge in [-0.25, -0.2) is 4.98 Å². The lowest BCUT2D eigenvalue weighted by molar-refractivity contribution is 0.463. The van der Waals surface area contributed by atoms with Crippen molar-refractivity contribution in [1.82, 2.24) is 9.97 Å². The van der Waals surface area contributed by atoms with Crippen LogP contribution in [0.4, 0.5) is 11.6 Å². The number of nitrogen functional groups attached to an aromatic ring is 1. The minimum atomic E-state index is 0.123. The molecule has 0 spiro atoms. The first kappa shape index (κ1) is 12.4. The maximum absolute atomic E-state index is 5.93. The van der Waals surface area contributed by atoms with E-state index in [9.17, 15) is 0 Å². The summed E-state index contributed by atoms with van der Waals surface area (Å²) in [4.78, 5) is 9.69. The first-order valence-electron chi connectivity index (χ1n) is 5.29. The van der Waals surface area contributed by atoms with Crippen LogP contribution in [0.25, 0.3) is 0 Å².